The highest BCUT2D eigenvalue weighted by Gasteiger charge is 2.32. The van der Waals surface area contributed by atoms with Gasteiger partial charge in [0, 0.05) is 18.8 Å². The first-order chi connectivity index (χ1) is 15.1. The fourth-order valence-corrected chi connectivity index (χ4v) is 5.57. The van der Waals surface area contributed by atoms with E-state index >= 15 is 0 Å². The van der Waals surface area contributed by atoms with Gasteiger partial charge in [0.1, 0.15) is 16.1 Å². The molecule has 1 aromatic heterocycles. The molecule has 0 radical (unpaired) electrons. The summed E-state index contributed by atoms with van der Waals surface area (Å²) in [5.41, 5.74) is 5.06. The summed E-state index contributed by atoms with van der Waals surface area (Å²) in [5, 5.41) is 8.29. The molecule has 0 unspecified atom stereocenters. The third-order valence-corrected chi connectivity index (χ3v) is 7.17. The Hall–Kier alpha value is -2.78. The average molecular weight is 455 g/mol. The van der Waals surface area contributed by atoms with E-state index < -0.39 is 10.1 Å². The molecule has 0 bridgehead atoms. The van der Waals surface area contributed by atoms with E-state index in [9.17, 15) is 13.0 Å². The fourth-order valence-electron chi connectivity index (χ4n) is 4.69. The van der Waals surface area contributed by atoms with Crippen molar-refractivity contribution in [1.29, 1.82) is 0 Å². The van der Waals surface area contributed by atoms with Gasteiger partial charge in [-0.3, -0.25) is 4.55 Å². The average Bonchev–Trinajstić information content (AvgIpc) is 3.13. The number of benzene rings is 2. The van der Waals surface area contributed by atoms with Crippen LogP contribution in [-0.2, 0) is 28.4 Å². The normalized spacial score (nSPS) is 16.7. The summed E-state index contributed by atoms with van der Waals surface area (Å²) >= 11 is 0. The third-order valence-electron chi connectivity index (χ3n) is 6.20. The van der Waals surface area contributed by atoms with E-state index in [4.69, 9.17) is 4.42 Å². The van der Waals surface area contributed by atoms with E-state index in [1.807, 2.05) is 18.2 Å². The quantitative estimate of drug-likeness (QED) is 0.414. The molecule has 8 nitrogen and oxygen atoms in total. The Kier molecular flexibility index (Phi) is 4.86. The zero-order valence-electron chi connectivity index (χ0n) is 18.4. The van der Waals surface area contributed by atoms with E-state index in [-0.39, 0.29) is 22.0 Å². The number of azo groups is 1. The van der Waals surface area contributed by atoms with Gasteiger partial charge in [-0.25, -0.2) is 0 Å². The van der Waals surface area contributed by atoms with Gasteiger partial charge in [-0.05, 0) is 66.0 Å². The molecule has 3 aromatic rings. The minimum absolute atomic E-state index is 0.0363. The first-order valence-corrected chi connectivity index (χ1v) is 12.3. The first kappa shape index (κ1) is 21.1. The van der Waals surface area contributed by atoms with E-state index in [1.54, 1.807) is 6.07 Å². The number of anilines is 1. The topological polar surface area (TPSA) is 108 Å². The van der Waals surface area contributed by atoms with Crippen molar-refractivity contribution in [3.05, 3.63) is 41.0 Å². The molecule has 0 amide bonds. The molecular weight excluding hydrogens is 428 g/mol. The number of fused-ring (bicyclic) bond motifs is 1. The van der Waals surface area contributed by atoms with Crippen molar-refractivity contribution in [2.75, 3.05) is 18.0 Å². The van der Waals surface area contributed by atoms with Gasteiger partial charge in [0.15, 0.2) is 5.58 Å². The van der Waals surface area contributed by atoms with E-state index in [0.29, 0.717) is 23.1 Å². The van der Waals surface area contributed by atoms with Crippen LogP contribution < -0.4 is 4.90 Å². The minimum atomic E-state index is -4.48. The zero-order chi connectivity index (χ0) is 22.7. The molecule has 9 heteroatoms. The second-order valence-electron chi connectivity index (χ2n) is 9.51. The van der Waals surface area contributed by atoms with Crippen molar-refractivity contribution in [2.45, 2.75) is 56.8 Å². The Bertz CT molecular complexity index is 1350. The standard InChI is InChI=1S/C23H26N4O4S/c1-23(2,3)15-8-9-17-19(13-15)31-22(24-17)26-25-18-12-14-6-4-10-27-11-5-7-16(20(14)27)21(18)32(28,29)30/h8-9,12-13H,4-7,10-11H2,1-3H3,(H,28,29,30). The number of aryl methyl sites for hydroxylation is 1. The van der Waals surface area contributed by atoms with Gasteiger partial charge in [-0.1, -0.05) is 32.0 Å². The summed E-state index contributed by atoms with van der Waals surface area (Å²) in [7, 11) is -4.48. The number of nitrogens with zero attached hydrogens (tertiary/aromatic N) is 4. The molecule has 32 heavy (non-hydrogen) atoms. The molecule has 5 rings (SSSR count). The molecule has 0 fully saturated rings. The number of oxazole rings is 1. The monoisotopic (exact) mass is 454 g/mol. The Morgan fingerprint density at radius 1 is 1.09 bits per heavy atom. The van der Waals surface area contributed by atoms with Gasteiger partial charge in [0.25, 0.3) is 10.1 Å². The van der Waals surface area contributed by atoms with Crippen LogP contribution in [-0.4, -0.2) is 31.0 Å². The lowest BCUT2D eigenvalue weighted by atomic mass is 9.87. The van der Waals surface area contributed by atoms with Crippen LogP contribution in [0.4, 0.5) is 17.4 Å². The van der Waals surface area contributed by atoms with Crippen molar-refractivity contribution in [2.24, 2.45) is 10.2 Å². The van der Waals surface area contributed by atoms with Crippen LogP contribution in [0.15, 0.2) is 43.8 Å². The van der Waals surface area contributed by atoms with Gasteiger partial charge < -0.3 is 9.32 Å². The molecule has 168 valence electrons. The van der Waals surface area contributed by atoms with Crippen molar-refractivity contribution >= 4 is 38.6 Å². The van der Waals surface area contributed by atoms with Crippen molar-refractivity contribution in [3.8, 4) is 0 Å². The number of aromatic nitrogens is 1. The first-order valence-electron chi connectivity index (χ1n) is 10.9. The summed E-state index contributed by atoms with van der Waals surface area (Å²) in [6, 6.07) is 7.58. The van der Waals surface area contributed by atoms with Gasteiger partial charge in [0.2, 0.25) is 0 Å². The lowest BCUT2D eigenvalue weighted by molar-refractivity contribution is 0.481. The van der Waals surface area contributed by atoms with E-state index in [2.05, 4.69) is 40.9 Å². The van der Waals surface area contributed by atoms with Gasteiger partial charge in [0.05, 0.1) is 0 Å². The second kappa shape index (κ2) is 7.38. The van der Waals surface area contributed by atoms with Crippen LogP contribution in [0.3, 0.4) is 0 Å². The predicted octanol–water partition coefficient (Wildman–Crippen LogP) is 5.49. The smallest absolute Gasteiger partial charge is 0.341 e. The molecule has 0 spiro atoms. The molecule has 1 N–H and O–H groups in total. The highest BCUT2D eigenvalue weighted by molar-refractivity contribution is 7.86. The number of hydrogen-bond acceptors (Lipinski definition) is 7. The molecule has 0 saturated carbocycles. The molecule has 2 aromatic carbocycles. The van der Waals surface area contributed by atoms with Crippen LogP contribution >= 0.6 is 0 Å². The summed E-state index contributed by atoms with van der Waals surface area (Å²) in [6.45, 7) is 8.14. The number of hydrogen-bond donors (Lipinski definition) is 1. The van der Waals surface area contributed by atoms with E-state index in [1.165, 1.54) is 0 Å². The van der Waals surface area contributed by atoms with E-state index in [0.717, 1.165) is 49.2 Å². The van der Waals surface area contributed by atoms with Gasteiger partial charge in [-0.15, -0.1) is 5.11 Å². The summed E-state index contributed by atoms with van der Waals surface area (Å²) in [4.78, 5) is 6.40. The van der Waals surface area contributed by atoms with Crippen molar-refractivity contribution in [3.63, 3.8) is 0 Å². The maximum absolute atomic E-state index is 12.3. The molecule has 0 atom stereocenters. The molecule has 0 aliphatic carbocycles. The molecular formula is C23H26N4O4S. The Labute approximate surface area is 187 Å². The van der Waals surface area contributed by atoms with Gasteiger partial charge in [-0.2, -0.15) is 13.4 Å². The fraction of sp³-hybridized carbons (Fsp3) is 0.435. The summed E-state index contributed by atoms with van der Waals surface area (Å²) in [5.74, 6) is 0. The highest BCUT2D eigenvalue weighted by Crippen LogP contribution is 2.43. The second-order valence-corrected chi connectivity index (χ2v) is 10.9. The minimum Gasteiger partial charge on any atom is -0.421 e. The molecule has 0 saturated heterocycles. The molecule has 2 aliphatic heterocycles. The maximum Gasteiger partial charge on any atom is 0.341 e. The molecule has 2 aliphatic rings. The Morgan fingerprint density at radius 3 is 2.56 bits per heavy atom. The van der Waals surface area contributed by atoms with Crippen LogP contribution in [0.5, 0.6) is 0 Å². The van der Waals surface area contributed by atoms with Gasteiger partial charge >= 0.3 is 6.01 Å². The summed E-state index contributed by atoms with van der Waals surface area (Å²) in [6.07, 6.45) is 3.24. The van der Waals surface area contributed by atoms with Crippen molar-refractivity contribution in [1.82, 2.24) is 4.98 Å². The predicted molar refractivity (Wildman–Crippen MR) is 122 cm³/mol. The van der Waals surface area contributed by atoms with Crippen LogP contribution in [0, 0.1) is 0 Å². The lowest BCUT2D eigenvalue weighted by Gasteiger charge is -2.37. The van der Waals surface area contributed by atoms with Crippen LogP contribution in [0.2, 0.25) is 0 Å². The summed E-state index contributed by atoms with van der Waals surface area (Å²) < 4.78 is 40.4. The van der Waals surface area contributed by atoms with Crippen molar-refractivity contribution < 1.29 is 17.4 Å². The molecule has 3 heterocycles. The highest BCUT2D eigenvalue weighted by atomic mass is 32.2. The van der Waals surface area contributed by atoms with Crippen LogP contribution in [0.1, 0.15) is 50.3 Å². The lowest BCUT2D eigenvalue weighted by Crippen LogP contribution is -2.35. The maximum atomic E-state index is 12.3. The zero-order valence-corrected chi connectivity index (χ0v) is 19.2. The Morgan fingerprint density at radius 2 is 1.84 bits per heavy atom. The SMILES string of the molecule is CC(C)(C)c1ccc2nc(N=Nc3cc4c5c(c3S(=O)(=O)O)CCCN5CCC4)oc2c1. The third kappa shape index (κ3) is 3.69. The number of rotatable bonds is 3. The van der Waals surface area contributed by atoms with Crippen LogP contribution in [0.25, 0.3) is 11.1 Å². The Balaban J connectivity index is 1.60. The largest absolute Gasteiger partial charge is 0.421 e.